The summed E-state index contributed by atoms with van der Waals surface area (Å²) in [7, 11) is -7.37. The van der Waals surface area contributed by atoms with Crippen molar-refractivity contribution in [2.45, 2.75) is 19.3 Å². The summed E-state index contributed by atoms with van der Waals surface area (Å²) in [5, 5.41) is 0. The van der Waals surface area contributed by atoms with E-state index in [-0.39, 0.29) is 26.3 Å². The Bertz CT molecular complexity index is 931. The van der Waals surface area contributed by atoms with Crippen molar-refractivity contribution in [2.75, 3.05) is 25.7 Å². The highest BCUT2D eigenvalue weighted by molar-refractivity contribution is 7.88. The minimum Gasteiger partial charge on any atom is -0.374 e. The van der Waals surface area contributed by atoms with Gasteiger partial charge in [0.15, 0.2) is 0 Å². The minimum absolute atomic E-state index is 0.0667. The Balaban J connectivity index is 2.08. The van der Waals surface area contributed by atoms with Crippen LogP contribution in [-0.2, 0) is 42.2 Å². The third-order valence-corrected chi connectivity index (χ3v) is 5.64. The lowest BCUT2D eigenvalue weighted by Crippen LogP contribution is -2.40. The molecule has 28 heavy (non-hydrogen) atoms. The number of nitrogens with zero attached hydrogens (tertiary/aromatic N) is 1. The van der Waals surface area contributed by atoms with Crippen molar-refractivity contribution in [3.63, 3.8) is 0 Å². The van der Waals surface area contributed by atoms with Gasteiger partial charge in [0.05, 0.1) is 25.7 Å². The summed E-state index contributed by atoms with van der Waals surface area (Å²) in [4.78, 5) is 0. The van der Waals surface area contributed by atoms with E-state index in [0.29, 0.717) is 0 Å². The summed E-state index contributed by atoms with van der Waals surface area (Å²) in [6, 6.07) is 18.4. The highest BCUT2D eigenvalue weighted by Gasteiger charge is 2.25. The molecule has 0 spiro atoms. The van der Waals surface area contributed by atoms with Gasteiger partial charge in [-0.2, -0.15) is 12.7 Å². The predicted octanol–water partition coefficient (Wildman–Crippen LogP) is 2.01. The van der Waals surface area contributed by atoms with Crippen LogP contribution in [0.4, 0.5) is 0 Å². The molecule has 7 nitrogen and oxygen atoms in total. The van der Waals surface area contributed by atoms with Crippen LogP contribution < -0.4 is 0 Å². The normalized spacial score (nSPS) is 13.5. The van der Waals surface area contributed by atoms with Gasteiger partial charge in [-0.05, 0) is 11.1 Å². The zero-order valence-electron chi connectivity index (χ0n) is 15.9. The number of sulfonamides is 1. The molecule has 9 heteroatoms. The van der Waals surface area contributed by atoms with Crippen molar-refractivity contribution in [2.24, 2.45) is 0 Å². The molecule has 0 bridgehead atoms. The van der Waals surface area contributed by atoms with Crippen molar-refractivity contribution in [3.8, 4) is 0 Å². The monoisotopic (exact) mass is 427 g/mol. The minimum atomic E-state index is -3.78. The smallest absolute Gasteiger partial charge is 0.264 e. The fraction of sp³-hybridized carbons (Fsp3) is 0.368. The molecule has 0 aliphatic heterocycles. The molecule has 0 N–H and O–H groups in total. The molecular formula is C19H25NO6S2. The number of hydrogen-bond donors (Lipinski definition) is 0. The maximum Gasteiger partial charge on any atom is 0.264 e. The highest BCUT2D eigenvalue weighted by atomic mass is 32.2. The first-order valence-corrected chi connectivity index (χ1v) is 12.3. The quantitative estimate of drug-likeness (QED) is 0.510. The zero-order valence-corrected chi connectivity index (χ0v) is 17.5. The molecule has 0 aliphatic rings. The molecule has 2 aromatic carbocycles. The highest BCUT2D eigenvalue weighted by Crippen LogP contribution is 2.12. The summed E-state index contributed by atoms with van der Waals surface area (Å²) in [6.45, 7) is 0.169. The lowest BCUT2D eigenvalue weighted by molar-refractivity contribution is 0.0359. The van der Waals surface area contributed by atoms with E-state index in [0.717, 1.165) is 23.6 Å². The van der Waals surface area contributed by atoms with Crippen LogP contribution in [0.5, 0.6) is 0 Å². The van der Waals surface area contributed by atoms with Crippen LogP contribution in [-0.4, -0.2) is 52.9 Å². The Morgan fingerprint density at radius 1 is 0.857 bits per heavy atom. The Labute approximate surface area is 167 Å². The molecule has 2 aromatic rings. The maximum absolute atomic E-state index is 12.2. The molecule has 154 valence electrons. The largest absolute Gasteiger partial charge is 0.374 e. The average molecular weight is 428 g/mol. The van der Waals surface area contributed by atoms with E-state index in [4.69, 9.17) is 8.92 Å². The van der Waals surface area contributed by atoms with Gasteiger partial charge in [0.2, 0.25) is 10.0 Å². The van der Waals surface area contributed by atoms with Gasteiger partial charge in [0.25, 0.3) is 10.1 Å². The maximum atomic E-state index is 12.2. The molecular weight excluding hydrogens is 402 g/mol. The van der Waals surface area contributed by atoms with E-state index in [1.165, 1.54) is 4.31 Å². The Hall–Kier alpha value is -1.78. The molecule has 0 radical (unpaired) electrons. The van der Waals surface area contributed by atoms with Crippen molar-refractivity contribution in [3.05, 3.63) is 71.8 Å². The van der Waals surface area contributed by atoms with Gasteiger partial charge in [-0.1, -0.05) is 60.7 Å². The van der Waals surface area contributed by atoms with E-state index in [9.17, 15) is 16.8 Å². The van der Waals surface area contributed by atoms with Crippen LogP contribution in [0.3, 0.4) is 0 Å². The van der Waals surface area contributed by atoms with Crippen LogP contribution in [0.2, 0.25) is 0 Å². The lowest BCUT2D eigenvalue weighted by atomic mass is 10.2. The Morgan fingerprint density at radius 2 is 1.39 bits per heavy atom. The van der Waals surface area contributed by atoms with Crippen molar-refractivity contribution in [1.29, 1.82) is 0 Å². The summed E-state index contributed by atoms with van der Waals surface area (Å²) in [5.74, 6) is 0. The number of rotatable bonds is 11. The van der Waals surface area contributed by atoms with E-state index in [1.54, 1.807) is 12.1 Å². The van der Waals surface area contributed by atoms with E-state index in [1.807, 2.05) is 48.5 Å². The predicted molar refractivity (Wildman–Crippen MR) is 108 cm³/mol. The van der Waals surface area contributed by atoms with Crippen LogP contribution in [0.1, 0.15) is 11.1 Å². The second-order valence-corrected chi connectivity index (χ2v) is 10.0. The second-order valence-electron chi connectivity index (χ2n) is 6.46. The third kappa shape index (κ3) is 8.49. The first-order valence-electron chi connectivity index (χ1n) is 8.62. The molecule has 0 saturated carbocycles. The lowest BCUT2D eigenvalue weighted by Gasteiger charge is -2.25. The SMILES string of the molecule is CS(=O)(=O)OC(COCc1ccccc1)CN(Cc1ccccc1)S(C)(=O)=O. The van der Waals surface area contributed by atoms with Crippen molar-refractivity contribution in [1.82, 2.24) is 4.31 Å². The molecule has 0 saturated heterocycles. The molecule has 1 unspecified atom stereocenters. The van der Waals surface area contributed by atoms with Crippen LogP contribution >= 0.6 is 0 Å². The van der Waals surface area contributed by atoms with Gasteiger partial charge >= 0.3 is 0 Å². The summed E-state index contributed by atoms with van der Waals surface area (Å²) in [5.41, 5.74) is 1.71. The van der Waals surface area contributed by atoms with Gasteiger partial charge in [0.1, 0.15) is 6.10 Å². The first kappa shape index (κ1) is 22.5. The van der Waals surface area contributed by atoms with Gasteiger partial charge in [-0.15, -0.1) is 0 Å². The van der Waals surface area contributed by atoms with E-state index in [2.05, 4.69) is 0 Å². The van der Waals surface area contributed by atoms with Crippen LogP contribution in [0, 0.1) is 0 Å². The number of benzene rings is 2. The summed E-state index contributed by atoms with van der Waals surface area (Å²) in [6.07, 6.45) is 1.05. The fourth-order valence-corrected chi connectivity index (χ4v) is 4.00. The van der Waals surface area contributed by atoms with Gasteiger partial charge < -0.3 is 4.74 Å². The van der Waals surface area contributed by atoms with Gasteiger partial charge in [-0.25, -0.2) is 8.42 Å². The number of ether oxygens (including phenoxy) is 1. The molecule has 1 atom stereocenters. The van der Waals surface area contributed by atoms with Crippen LogP contribution in [0.25, 0.3) is 0 Å². The van der Waals surface area contributed by atoms with Crippen LogP contribution in [0.15, 0.2) is 60.7 Å². The Kier molecular flexibility index (Phi) is 8.14. The molecule has 0 aromatic heterocycles. The van der Waals surface area contributed by atoms with E-state index < -0.39 is 26.2 Å². The molecule has 0 amide bonds. The van der Waals surface area contributed by atoms with Gasteiger partial charge in [-0.3, -0.25) is 4.18 Å². The zero-order chi connectivity index (χ0) is 20.6. The summed E-state index contributed by atoms with van der Waals surface area (Å²) < 4.78 is 59.5. The standard InChI is InChI=1S/C19H25NO6S2/c1-27(21,22)20(13-17-9-5-3-6-10-17)14-19(26-28(2,23)24)16-25-15-18-11-7-4-8-12-18/h3-12,19H,13-16H2,1-2H3. The topological polar surface area (TPSA) is 90.0 Å². The Morgan fingerprint density at radius 3 is 1.89 bits per heavy atom. The molecule has 0 aliphatic carbocycles. The van der Waals surface area contributed by atoms with Crippen molar-refractivity contribution >= 4 is 20.1 Å². The fourth-order valence-electron chi connectivity index (χ4n) is 2.57. The molecule has 0 fully saturated rings. The first-order chi connectivity index (χ1) is 13.1. The average Bonchev–Trinajstić information content (AvgIpc) is 2.61. The third-order valence-electron chi connectivity index (χ3n) is 3.80. The second kappa shape index (κ2) is 10.1. The molecule has 2 rings (SSSR count). The number of hydrogen-bond acceptors (Lipinski definition) is 6. The van der Waals surface area contributed by atoms with Gasteiger partial charge in [0, 0.05) is 13.1 Å². The molecule has 0 heterocycles. The van der Waals surface area contributed by atoms with E-state index >= 15 is 0 Å². The van der Waals surface area contributed by atoms with Crippen molar-refractivity contribution < 1.29 is 25.8 Å². The summed E-state index contributed by atoms with van der Waals surface area (Å²) >= 11 is 0.